The van der Waals surface area contributed by atoms with Crippen LogP contribution in [0.3, 0.4) is 0 Å². The summed E-state index contributed by atoms with van der Waals surface area (Å²) in [6.07, 6.45) is -0.418. The maximum atomic E-state index is 10.8. The fourth-order valence-corrected chi connectivity index (χ4v) is 1.60. The lowest BCUT2D eigenvalue weighted by Crippen LogP contribution is -2.10. The van der Waals surface area contributed by atoms with Crippen LogP contribution in [0.5, 0.6) is 5.75 Å². The van der Waals surface area contributed by atoms with Crippen molar-refractivity contribution in [2.45, 2.75) is 6.42 Å². The molecule has 1 N–H and O–H groups in total. The Morgan fingerprint density at radius 2 is 2.30 bits per heavy atom. The smallest absolute Gasteiger partial charge is 0.311 e. The zero-order chi connectivity index (χ0) is 14.7. The van der Waals surface area contributed by atoms with Crippen LogP contribution in [0.4, 0.5) is 5.69 Å². The van der Waals surface area contributed by atoms with E-state index in [1.54, 1.807) is 0 Å². The Labute approximate surface area is 111 Å². The Bertz CT molecular complexity index is 668. The van der Waals surface area contributed by atoms with Gasteiger partial charge in [0.25, 0.3) is 5.69 Å². The lowest BCUT2D eigenvalue weighted by Gasteiger charge is -2.08. The molecular formula is C10H9N5O5. The van der Waals surface area contributed by atoms with Gasteiger partial charge in [0.2, 0.25) is 0 Å². The lowest BCUT2D eigenvalue weighted by molar-refractivity contribution is -0.384. The average molecular weight is 279 g/mol. The number of hydrogen-bond donors (Lipinski definition) is 1. The molecule has 0 saturated heterocycles. The van der Waals surface area contributed by atoms with Gasteiger partial charge in [-0.05, 0) is 16.5 Å². The third kappa shape index (κ3) is 2.53. The fraction of sp³-hybridized carbons (Fsp3) is 0.200. The summed E-state index contributed by atoms with van der Waals surface area (Å²) >= 11 is 0. The summed E-state index contributed by atoms with van der Waals surface area (Å²) in [4.78, 5) is 20.9. The molecule has 0 bridgehead atoms. The minimum Gasteiger partial charge on any atom is -0.494 e. The van der Waals surface area contributed by atoms with Crippen molar-refractivity contribution in [3.8, 4) is 11.4 Å². The van der Waals surface area contributed by atoms with E-state index < -0.39 is 17.3 Å². The van der Waals surface area contributed by atoms with Crippen molar-refractivity contribution >= 4 is 11.7 Å². The van der Waals surface area contributed by atoms with Crippen LogP contribution in [0, 0.1) is 10.1 Å². The Balaban J connectivity index is 2.55. The molecule has 1 aromatic heterocycles. The normalized spacial score (nSPS) is 10.2. The number of ether oxygens (including phenoxy) is 1. The second kappa shape index (κ2) is 5.30. The average Bonchev–Trinajstić information content (AvgIpc) is 2.85. The number of aliphatic carboxylic acids is 1. The number of nitro benzene ring substituents is 1. The zero-order valence-corrected chi connectivity index (χ0v) is 10.3. The fourth-order valence-electron chi connectivity index (χ4n) is 1.60. The van der Waals surface area contributed by atoms with E-state index in [0.717, 1.165) is 4.68 Å². The molecule has 0 aliphatic carbocycles. The number of nitrogens with zero attached hydrogens (tertiary/aromatic N) is 5. The van der Waals surface area contributed by atoms with Gasteiger partial charge in [0.15, 0.2) is 5.82 Å². The van der Waals surface area contributed by atoms with Crippen LogP contribution in [0.15, 0.2) is 18.2 Å². The molecule has 0 amide bonds. The summed E-state index contributed by atoms with van der Waals surface area (Å²) in [5.41, 5.74) is 0.0144. The minimum atomic E-state index is -1.12. The van der Waals surface area contributed by atoms with Crippen molar-refractivity contribution < 1.29 is 19.6 Å². The Morgan fingerprint density at radius 1 is 1.55 bits per heavy atom. The number of tetrazole rings is 1. The van der Waals surface area contributed by atoms with Gasteiger partial charge in [-0.25, -0.2) is 0 Å². The summed E-state index contributed by atoms with van der Waals surface area (Å²) in [6.45, 7) is 0. The highest BCUT2D eigenvalue weighted by molar-refractivity contribution is 5.69. The van der Waals surface area contributed by atoms with Gasteiger partial charge < -0.3 is 9.84 Å². The molecule has 0 unspecified atom stereocenters. The number of methoxy groups -OCH3 is 1. The predicted molar refractivity (Wildman–Crippen MR) is 63.7 cm³/mol. The monoisotopic (exact) mass is 279 g/mol. The highest BCUT2D eigenvalue weighted by Crippen LogP contribution is 2.27. The van der Waals surface area contributed by atoms with E-state index >= 15 is 0 Å². The number of benzene rings is 1. The summed E-state index contributed by atoms with van der Waals surface area (Å²) in [5.74, 6) is -0.795. The van der Waals surface area contributed by atoms with Gasteiger partial charge in [-0.2, -0.15) is 4.68 Å². The first-order valence-corrected chi connectivity index (χ1v) is 5.34. The third-order valence-corrected chi connectivity index (χ3v) is 2.44. The van der Waals surface area contributed by atoms with Gasteiger partial charge in [-0.1, -0.05) is 0 Å². The molecular weight excluding hydrogens is 270 g/mol. The van der Waals surface area contributed by atoms with Gasteiger partial charge in [-0.15, -0.1) is 5.10 Å². The van der Waals surface area contributed by atoms with E-state index in [4.69, 9.17) is 9.84 Å². The maximum absolute atomic E-state index is 10.8. The summed E-state index contributed by atoms with van der Waals surface area (Å²) in [5, 5.41) is 30.2. The number of nitro groups is 1. The molecule has 10 nitrogen and oxygen atoms in total. The molecule has 0 atom stereocenters. The van der Waals surface area contributed by atoms with Crippen molar-refractivity contribution in [2.24, 2.45) is 0 Å². The number of hydrogen-bond acceptors (Lipinski definition) is 7. The van der Waals surface area contributed by atoms with Gasteiger partial charge in [0, 0.05) is 12.1 Å². The zero-order valence-electron chi connectivity index (χ0n) is 10.3. The summed E-state index contributed by atoms with van der Waals surface area (Å²) in [7, 11) is 1.38. The van der Waals surface area contributed by atoms with Gasteiger partial charge in [0.1, 0.15) is 17.9 Å². The first-order chi connectivity index (χ1) is 9.52. The van der Waals surface area contributed by atoms with Crippen molar-refractivity contribution in [3.05, 3.63) is 34.1 Å². The van der Waals surface area contributed by atoms with Crippen LogP contribution in [-0.2, 0) is 11.2 Å². The Kier molecular flexibility index (Phi) is 3.55. The van der Waals surface area contributed by atoms with Gasteiger partial charge in [-0.3, -0.25) is 14.9 Å². The largest absolute Gasteiger partial charge is 0.494 e. The molecule has 0 aliphatic heterocycles. The second-order valence-corrected chi connectivity index (χ2v) is 3.69. The number of carbonyl (C=O) groups is 1. The standard InChI is InChI=1S/C10H9N5O5/c1-20-8-3-2-6(15(18)19)4-7(8)14-9(5-10(16)17)11-12-13-14/h2-4H,5H2,1H3,(H,16,17). The molecule has 0 spiro atoms. The van der Waals surface area contributed by atoms with Crippen LogP contribution in [0.25, 0.3) is 5.69 Å². The number of rotatable bonds is 5. The maximum Gasteiger partial charge on any atom is 0.311 e. The van der Waals surface area contributed by atoms with Crippen LogP contribution < -0.4 is 4.74 Å². The van der Waals surface area contributed by atoms with Crippen LogP contribution in [-0.4, -0.2) is 43.3 Å². The van der Waals surface area contributed by atoms with Crippen LogP contribution >= 0.6 is 0 Å². The first-order valence-electron chi connectivity index (χ1n) is 5.34. The molecule has 0 aliphatic rings. The second-order valence-electron chi connectivity index (χ2n) is 3.69. The Hall–Kier alpha value is -3.04. The van der Waals surface area contributed by atoms with Crippen molar-refractivity contribution in [1.82, 2.24) is 20.2 Å². The SMILES string of the molecule is COc1ccc([N+](=O)[O-])cc1-n1nnnc1CC(=O)O. The molecule has 20 heavy (non-hydrogen) atoms. The van der Waals surface area contributed by atoms with E-state index in [0.29, 0.717) is 0 Å². The molecule has 0 fully saturated rings. The quantitative estimate of drug-likeness (QED) is 0.606. The number of carboxylic acid groups (broad SMARTS) is 1. The minimum absolute atomic E-state index is 0.0382. The molecule has 0 saturated carbocycles. The van der Waals surface area contributed by atoms with E-state index in [2.05, 4.69) is 15.5 Å². The van der Waals surface area contributed by atoms with E-state index in [1.165, 1.54) is 25.3 Å². The first kappa shape index (κ1) is 13.4. The number of carboxylic acids is 1. The molecule has 2 aromatic rings. The molecule has 1 aromatic carbocycles. The van der Waals surface area contributed by atoms with E-state index in [9.17, 15) is 14.9 Å². The molecule has 0 radical (unpaired) electrons. The van der Waals surface area contributed by atoms with Crippen molar-refractivity contribution in [1.29, 1.82) is 0 Å². The summed E-state index contributed by atoms with van der Waals surface area (Å²) in [6, 6.07) is 3.86. The van der Waals surface area contributed by atoms with Crippen LogP contribution in [0.2, 0.25) is 0 Å². The van der Waals surface area contributed by atoms with Crippen molar-refractivity contribution in [3.63, 3.8) is 0 Å². The van der Waals surface area contributed by atoms with E-state index in [1.807, 2.05) is 0 Å². The lowest BCUT2D eigenvalue weighted by atomic mass is 10.2. The Morgan fingerprint density at radius 3 is 2.90 bits per heavy atom. The van der Waals surface area contributed by atoms with E-state index in [-0.39, 0.29) is 22.9 Å². The highest BCUT2D eigenvalue weighted by atomic mass is 16.6. The van der Waals surface area contributed by atoms with Crippen LogP contribution in [0.1, 0.15) is 5.82 Å². The third-order valence-electron chi connectivity index (χ3n) is 2.44. The van der Waals surface area contributed by atoms with Crippen molar-refractivity contribution in [2.75, 3.05) is 7.11 Å². The molecule has 104 valence electrons. The predicted octanol–water partition coefficient (Wildman–Crippen LogP) is 0.206. The highest BCUT2D eigenvalue weighted by Gasteiger charge is 2.18. The van der Waals surface area contributed by atoms with Gasteiger partial charge in [0.05, 0.1) is 12.0 Å². The topological polar surface area (TPSA) is 133 Å². The molecule has 2 rings (SSSR count). The summed E-state index contributed by atoms with van der Waals surface area (Å²) < 4.78 is 6.17. The number of aromatic nitrogens is 4. The molecule has 1 heterocycles. The molecule has 10 heteroatoms. The van der Waals surface area contributed by atoms with Gasteiger partial charge >= 0.3 is 5.97 Å². The number of non-ortho nitro benzene ring substituents is 1.